The largest absolute Gasteiger partial charge is 0.288 e. The molecule has 2 aliphatic heterocycles. The zero-order valence-corrected chi connectivity index (χ0v) is 12.6. The summed E-state index contributed by atoms with van der Waals surface area (Å²) < 4.78 is 0. The van der Waals surface area contributed by atoms with Gasteiger partial charge >= 0.3 is 0 Å². The number of hydrogen-bond donors (Lipinski definition) is 0. The third kappa shape index (κ3) is 3.76. The molecule has 2 heterocycles. The molecule has 20 heavy (non-hydrogen) atoms. The highest BCUT2D eigenvalue weighted by molar-refractivity contribution is 8.13. The van der Waals surface area contributed by atoms with Crippen molar-refractivity contribution in [2.75, 3.05) is 24.6 Å². The van der Waals surface area contributed by atoms with Crippen LogP contribution in [0.15, 0.2) is 0 Å². The van der Waals surface area contributed by atoms with Gasteiger partial charge in [-0.05, 0) is 12.8 Å². The van der Waals surface area contributed by atoms with Gasteiger partial charge in [0.1, 0.15) is 0 Å². The maximum absolute atomic E-state index is 11.6. The van der Waals surface area contributed by atoms with Crippen LogP contribution in [0, 0.1) is 0 Å². The van der Waals surface area contributed by atoms with E-state index in [1.807, 2.05) is 0 Å². The van der Waals surface area contributed by atoms with Crippen molar-refractivity contribution in [2.24, 2.45) is 0 Å². The maximum Gasteiger partial charge on any atom is 0.288 e. The topological polar surface area (TPSA) is 74.8 Å². The van der Waals surface area contributed by atoms with Crippen molar-refractivity contribution in [2.45, 2.75) is 25.7 Å². The van der Waals surface area contributed by atoms with Crippen LogP contribution in [0.25, 0.3) is 0 Å². The van der Waals surface area contributed by atoms with E-state index in [0.29, 0.717) is 50.3 Å². The number of rotatable bonds is 5. The van der Waals surface area contributed by atoms with Crippen LogP contribution in [0.3, 0.4) is 0 Å². The standard InChI is InChI=1S/C12H16N2O4S2/c15-9-3-7-19-11(17)13(9)5-1-2-6-14-10(16)4-8-20-12(14)18/h1-8H2. The Bertz CT molecular complexity index is 369. The van der Waals surface area contributed by atoms with Crippen LogP contribution in [0.2, 0.25) is 0 Å². The molecule has 110 valence electrons. The molecule has 0 aromatic heterocycles. The molecule has 2 saturated heterocycles. The van der Waals surface area contributed by atoms with Gasteiger partial charge < -0.3 is 0 Å². The average Bonchev–Trinajstić information content (AvgIpc) is 2.40. The molecule has 0 radical (unpaired) electrons. The molecule has 0 saturated carbocycles. The Kier molecular flexibility index (Phi) is 5.47. The molecule has 0 aromatic carbocycles. The first-order valence-corrected chi connectivity index (χ1v) is 8.51. The van der Waals surface area contributed by atoms with Crippen molar-refractivity contribution >= 4 is 45.8 Å². The molecule has 0 bridgehead atoms. The van der Waals surface area contributed by atoms with Crippen molar-refractivity contribution in [3.05, 3.63) is 0 Å². The van der Waals surface area contributed by atoms with Gasteiger partial charge in [-0.2, -0.15) is 0 Å². The molecule has 0 atom stereocenters. The van der Waals surface area contributed by atoms with E-state index in [1.54, 1.807) is 0 Å². The predicted molar refractivity (Wildman–Crippen MR) is 77.6 cm³/mol. The summed E-state index contributed by atoms with van der Waals surface area (Å²) in [5.41, 5.74) is 0. The number of hydrogen-bond acceptors (Lipinski definition) is 6. The molecule has 2 fully saturated rings. The minimum atomic E-state index is -0.193. The van der Waals surface area contributed by atoms with Crippen LogP contribution < -0.4 is 0 Å². The highest BCUT2D eigenvalue weighted by Crippen LogP contribution is 2.20. The van der Waals surface area contributed by atoms with Crippen LogP contribution in [0.4, 0.5) is 9.59 Å². The third-order valence-corrected chi connectivity index (χ3v) is 4.89. The first-order valence-electron chi connectivity index (χ1n) is 6.54. The van der Waals surface area contributed by atoms with Crippen LogP contribution >= 0.6 is 23.5 Å². The molecule has 0 aromatic rings. The number of carbonyl (C=O) groups is 4. The third-order valence-electron chi connectivity index (χ3n) is 3.14. The SMILES string of the molecule is O=C1CCSC(=O)N1CCCCN1C(=O)CCSC1=O. The molecule has 6 nitrogen and oxygen atoms in total. The lowest BCUT2D eigenvalue weighted by atomic mass is 10.2. The number of thioether (sulfide) groups is 2. The number of amides is 4. The van der Waals surface area contributed by atoms with E-state index < -0.39 is 0 Å². The van der Waals surface area contributed by atoms with E-state index >= 15 is 0 Å². The summed E-state index contributed by atoms with van der Waals surface area (Å²) in [7, 11) is 0. The van der Waals surface area contributed by atoms with Crippen LogP contribution in [-0.2, 0) is 9.59 Å². The Hall–Kier alpha value is -1.02. The van der Waals surface area contributed by atoms with Crippen molar-refractivity contribution < 1.29 is 19.2 Å². The van der Waals surface area contributed by atoms with Crippen molar-refractivity contribution in [3.8, 4) is 0 Å². The second kappa shape index (κ2) is 7.12. The fourth-order valence-corrected chi connectivity index (χ4v) is 3.65. The Morgan fingerprint density at radius 1 is 0.750 bits per heavy atom. The average molecular weight is 316 g/mol. The summed E-state index contributed by atoms with van der Waals surface area (Å²) in [5, 5.41) is -0.385. The van der Waals surface area contributed by atoms with E-state index in [0.717, 1.165) is 23.5 Å². The molecule has 2 aliphatic rings. The second-order valence-electron chi connectivity index (χ2n) is 4.53. The maximum atomic E-state index is 11.6. The van der Waals surface area contributed by atoms with Gasteiger partial charge in [0.25, 0.3) is 10.5 Å². The van der Waals surface area contributed by atoms with Crippen molar-refractivity contribution in [1.82, 2.24) is 9.80 Å². The minimum absolute atomic E-state index is 0.130. The quantitative estimate of drug-likeness (QED) is 0.722. The summed E-state index contributed by atoms with van der Waals surface area (Å²) in [6, 6.07) is 0. The Labute approximate surface area is 125 Å². The summed E-state index contributed by atoms with van der Waals surface area (Å²) >= 11 is 2.32. The van der Waals surface area contributed by atoms with E-state index in [1.165, 1.54) is 9.80 Å². The second-order valence-corrected chi connectivity index (χ2v) is 6.62. The van der Waals surface area contributed by atoms with Crippen molar-refractivity contribution in [1.29, 1.82) is 0 Å². The summed E-state index contributed by atoms with van der Waals surface area (Å²) in [5.74, 6) is 0.855. The summed E-state index contributed by atoms with van der Waals surface area (Å²) in [6.07, 6.45) is 2.02. The highest BCUT2D eigenvalue weighted by atomic mass is 32.2. The number of nitrogens with zero attached hydrogens (tertiary/aromatic N) is 2. The molecule has 0 N–H and O–H groups in total. The molecule has 8 heteroatoms. The molecule has 0 spiro atoms. The molecular formula is C12H16N2O4S2. The number of unbranched alkanes of at least 4 members (excludes halogenated alkanes) is 1. The fraction of sp³-hybridized carbons (Fsp3) is 0.667. The molecule has 4 amide bonds. The predicted octanol–water partition coefficient (Wildman–Crippen LogP) is 1.94. The minimum Gasteiger partial charge on any atom is -0.274 e. The Morgan fingerprint density at radius 3 is 1.50 bits per heavy atom. The van der Waals surface area contributed by atoms with Gasteiger partial charge in [0.15, 0.2) is 0 Å². The van der Waals surface area contributed by atoms with Crippen LogP contribution in [0.5, 0.6) is 0 Å². The summed E-state index contributed by atoms with van der Waals surface area (Å²) in [6.45, 7) is 0.738. The summed E-state index contributed by atoms with van der Waals surface area (Å²) in [4.78, 5) is 48.8. The van der Waals surface area contributed by atoms with E-state index in [-0.39, 0.29) is 22.3 Å². The van der Waals surface area contributed by atoms with Gasteiger partial charge in [0.05, 0.1) is 0 Å². The Balaban J connectivity index is 1.73. The van der Waals surface area contributed by atoms with Gasteiger partial charge in [-0.3, -0.25) is 29.0 Å². The highest BCUT2D eigenvalue weighted by Gasteiger charge is 2.28. The number of imide groups is 2. The molecule has 2 rings (SSSR count). The van der Waals surface area contributed by atoms with Gasteiger partial charge in [0.2, 0.25) is 11.8 Å². The zero-order valence-electron chi connectivity index (χ0n) is 11.0. The Morgan fingerprint density at radius 2 is 1.15 bits per heavy atom. The number of carbonyl (C=O) groups excluding carboxylic acids is 4. The van der Waals surface area contributed by atoms with Gasteiger partial charge in [-0.15, -0.1) is 0 Å². The van der Waals surface area contributed by atoms with Crippen LogP contribution in [0.1, 0.15) is 25.7 Å². The monoisotopic (exact) mass is 316 g/mol. The van der Waals surface area contributed by atoms with E-state index in [2.05, 4.69) is 0 Å². The van der Waals surface area contributed by atoms with Gasteiger partial charge in [-0.25, -0.2) is 0 Å². The van der Waals surface area contributed by atoms with Gasteiger partial charge in [0, 0.05) is 37.4 Å². The first kappa shape index (κ1) is 15.4. The fourth-order valence-electron chi connectivity index (χ4n) is 2.05. The molecular weight excluding hydrogens is 300 g/mol. The lowest BCUT2D eigenvalue weighted by molar-refractivity contribution is -0.129. The zero-order chi connectivity index (χ0) is 14.5. The molecule has 0 unspecified atom stereocenters. The van der Waals surface area contributed by atoms with E-state index in [9.17, 15) is 19.2 Å². The molecule has 0 aliphatic carbocycles. The lowest BCUT2D eigenvalue weighted by Crippen LogP contribution is -2.40. The van der Waals surface area contributed by atoms with Gasteiger partial charge in [-0.1, -0.05) is 23.5 Å². The smallest absolute Gasteiger partial charge is 0.274 e. The van der Waals surface area contributed by atoms with Crippen LogP contribution in [-0.4, -0.2) is 56.7 Å². The lowest BCUT2D eigenvalue weighted by Gasteiger charge is -2.26. The first-order chi connectivity index (χ1) is 9.59. The normalized spacial score (nSPS) is 20.8. The van der Waals surface area contributed by atoms with Crippen molar-refractivity contribution in [3.63, 3.8) is 0 Å². The van der Waals surface area contributed by atoms with E-state index in [4.69, 9.17) is 0 Å².